The van der Waals surface area contributed by atoms with Gasteiger partial charge < -0.3 is 33.2 Å². The molecule has 2 heterocycles. The summed E-state index contributed by atoms with van der Waals surface area (Å²) in [6.45, 7) is 9.11. The minimum absolute atomic E-state index is 0.0122. The maximum Gasteiger partial charge on any atom is 0.303 e. The van der Waals surface area contributed by atoms with Crippen molar-refractivity contribution in [2.45, 2.75) is 97.4 Å². The number of azide groups is 1. The molecule has 2 aromatic rings. The maximum atomic E-state index is 12.2. The number of aromatic amines is 1. The zero-order valence-electron chi connectivity index (χ0n) is 27.3. The fraction of sp³-hybridized carbons (Fsp3) is 0.581. The van der Waals surface area contributed by atoms with Crippen molar-refractivity contribution in [2.75, 3.05) is 19.8 Å². The highest BCUT2D eigenvalue weighted by Gasteiger charge is 2.53. The van der Waals surface area contributed by atoms with E-state index >= 15 is 0 Å². The molecule has 1 aromatic carbocycles. The molecule has 0 aliphatic carbocycles. The summed E-state index contributed by atoms with van der Waals surface area (Å²) >= 11 is 0. The van der Waals surface area contributed by atoms with Crippen LogP contribution in [0.1, 0.15) is 77.1 Å². The van der Waals surface area contributed by atoms with Gasteiger partial charge in [0.1, 0.15) is 18.5 Å². The molecule has 0 spiro atoms. The first-order chi connectivity index (χ1) is 22.4. The fourth-order valence-electron chi connectivity index (χ4n) is 4.93. The molecule has 1 aliphatic rings. The van der Waals surface area contributed by atoms with Gasteiger partial charge in [0.05, 0.1) is 6.61 Å². The van der Waals surface area contributed by atoms with Crippen LogP contribution in [0.25, 0.3) is 10.4 Å². The van der Waals surface area contributed by atoms with E-state index in [1.165, 1.54) is 6.92 Å². The molecule has 16 nitrogen and oxygen atoms in total. The number of carbonyl (C=O) groups is 4. The van der Waals surface area contributed by atoms with E-state index in [0.29, 0.717) is 30.9 Å². The Morgan fingerprint density at radius 1 is 0.936 bits per heavy atom. The van der Waals surface area contributed by atoms with E-state index in [0.717, 1.165) is 44.9 Å². The molecule has 3 rings (SSSR count). The molecule has 1 aromatic heterocycles. The number of esters is 4. The van der Waals surface area contributed by atoms with E-state index in [4.69, 9.17) is 38.7 Å². The second kappa shape index (κ2) is 17.8. The summed E-state index contributed by atoms with van der Waals surface area (Å²) < 4.78 is 39.7. The molecule has 47 heavy (non-hydrogen) atoms. The van der Waals surface area contributed by atoms with Crippen LogP contribution in [0.4, 0.5) is 0 Å². The Balaban J connectivity index is 1.90. The van der Waals surface area contributed by atoms with Crippen molar-refractivity contribution in [3.8, 4) is 11.6 Å². The zero-order chi connectivity index (χ0) is 34.5. The highest BCUT2D eigenvalue weighted by molar-refractivity contribution is 5.68. The Kier molecular flexibility index (Phi) is 13.8. The zero-order valence-corrected chi connectivity index (χ0v) is 27.3. The lowest BCUT2D eigenvalue weighted by atomic mass is 9.97. The predicted octanol–water partition coefficient (Wildman–Crippen LogP) is 4.06. The lowest BCUT2D eigenvalue weighted by molar-refractivity contribution is -0.289. The Hall–Kier alpha value is -4.82. The van der Waals surface area contributed by atoms with Crippen LogP contribution in [-0.2, 0) is 49.3 Å². The van der Waals surface area contributed by atoms with Gasteiger partial charge in [-0.05, 0) is 42.0 Å². The number of benzene rings is 1. The molecule has 16 heteroatoms. The highest BCUT2D eigenvalue weighted by Crippen LogP contribution is 2.34. The Bertz CT molecular complexity index is 1420. The predicted molar refractivity (Wildman–Crippen MR) is 163 cm³/mol. The summed E-state index contributed by atoms with van der Waals surface area (Å²) in [4.78, 5) is 50.8. The molecular formula is C31H41N5O11. The molecule has 0 bridgehead atoms. The Labute approximate surface area is 271 Å². The van der Waals surface area contributed by atoms with Crippen molar-refractivity contribution in [3.63, 3.8) is 0 Å². The summed E-state index contributed by atoms with van der Waals surface area (Å²) in [5, 5.41) is 10.9. The van der Waals surface area contributed by atoms with Gasteiger partial charge in [-0.25, -0.2) is 0 Å². The van der Waals surface area contributed by atoms with Gasteiger partial charge in [0.25, 0.3) is 0 Å². The molecule has 0 radical (unpaired) electrons. The molecule has 1 N–H and O–H groups in total. The molecule has 1 saturated heterocycles. The standard InChI is InChI=1S/C31H41N5O11/c1-17(2)26-24(15-22-9-11-23(12-10-22)41-14-8-7-13-33-36-32)30(35-34-26)47-31-29(45-21(6)40)28(44-20(5)39)27(43-19(4)38)25(46-31)16-42-18(3)37/h9-12,17,25,27-29,31H,7-8,13-16H2,1-6H3,(H,34,35)/t25-,27-,28+,29-,31?/m1/s1. The van der Waals surface area contributed by atoms with Gasteiger partial charge in [-0.1, -0.05) is 31.1 Å². The van der Waals surface area contributed by atoms with E-state index in [9.17, 15) is 19.2 Å². The Morgan fingerprint density at radius 3 is 2.17 bits per heavy atom. The molecular weight excluding hydrogens is 618 g/mol. The minimum Gasteiger partial charge on any atom is -0.494 e. The second-order valence-corrected chi connectivity index (χ2v) is 11.1. The lowest BCUT2D eigenvalue weighted by Gasteiger charge is -2.43. The first-order valence-electron chi connectivity index (χ1n) is 15.2. The van der Waals surface area contributed by atoms with Crippen LogP contribution in [0.2, 0.25) is 0 Å². The van der Waals surface area contributed by atoms with Crippen molar-refractivity contribution in [1.29, 1.82) is 0 Å². The first kappa shape index (κ1) is 36.6. The average Bonchev–Trinajstić information content (AvgIpc) is 3.39. The smallest absolute Gasteiger partial charge is 0.303 e. The topological polar surface area (TPSA) is 210 Å². The van der Waals surface area contributed by atoms with Crippen molar-refractivity contribution >= 4 is 23.9 Å². The van der Waals surface area contributed by atoms with Crippen LogP contribution >= 0.6 is 0 Å². The quantitative estimate of drug-likeness (QED) is 0.0675. The maximum absolute atomic E-state index is 12.2. The highest BCUT2D eigenvalue weighted by atomic mass is 16.7. The summed E-state index contributed by atoms with van der Waals surface area (Å²) in [5.41, 5.74) is 10.8. The third-order valence-corrected chi connectivity index (χ3v) is 6.90. The van der Waals surface area contributed by atoms with Gasteiger partial charge in [0.2, 0.25) is 18.3 Å². The molecule has 1 unspecified atom stereocenters. The van der Waals surface area contributed by atoms with E-state index in [1.807, 2.05) is 38.1 Å². The van der Waals surface area contributed by atoms with Crippen LogP contribution in [0, 0.1) is 0 Å². The van der Waals surface area contributed by atoms with Gasteiger partial charge in [-0.15, -0.1) is 5.10 Å². The van der Waals surface area contributed by atoms with Crippen molar-refractivity contribution in [3.05, 3.63) is 51.5 Å². The van der Waals surface area contributed by atoms with Crippen molar-refractivity contribution < 1.29 is 52.3 Å². The SMILES string of the molecule is CC(=O)OC[C@H]1OC(Oc2n[nH]c(C(C)C)c2Cc2ccc(OCCCCN=[N+]=[N-])cc2)[C@H](OC(C)=O)[C@@H](OC(C)=O)[C@@H]1OC(C)=O. The van der Waals surface area contributed by atoms with Crippen molar-refractivity contribution in [1.82, 2.24) is 10.2 Å². The van der Waals surface area contributed by atoms with Crippen LogP contribution in [0.3, 0.4) is 0 Å². The van der Waals surface area contributed by atoms with Crippen LogP contribution in [0.15, 0.2) is 29.4 Å². The number of nitrogens with zero attached hydrogens (tertiary/aromatic N) is 4. The second-order valence-electron chi connectivity index (χ2n) is 11.1. The summed E-state index contributed by atoms with van der Waals surface area (Å²) in [6.07, 6.45) is -4.82. The van der Waals surface area contributed by atoms with Gasteiger partial charge in [-0.2, -0.15) is 0 Å². The van der Waals surface area contributed by atoms with Crippen LogP contribution < -0.4 is 9.47 Å². The lowest BCUT2D eigenvalue weighted by Crippen LogP contribution is -2.63. The number of aromatic nitrogens is 2. The van der Waals surface area contributed by atoms with E-state index in [1.54, 1.807) is 0 Å². The van der Waals surface area contributed by atoms with E-state index < -0.39 is 54.6 Å². The van der Waals surface area contributed by atoms with Crippen LogP contribution in [-0.4, -0.2) is 84.5 Å². The molecule has 1 fully saturated rings. The summed E-state index contributed by atoms with van der Waals surface area (Å²) in [6, 6.07) is 7.50. The number of carbonyl (C=O) groups excluding carboxylic acids is 4. The molecule has 5 atom stereocenters. The number of unbranched alkanes of at least 4 members (excludes halogenated alkanes) is 1. The number of hydrogen-bond donors (Lipinski definition) is 1. The van der Waals surface area contributed by atoms with E-state index in [-0.39, 0.29) is 18.4 Å². The third-order valence-electron chi connectivity index (χ3n) is 6.90. The number of hydrogen-bond acceptors (Lipinski definition) is 13. The first-order valence-corrected chi connectivity index (χ1v) is 15.2. The Morgan fingerprint density at radius 2 is 1.57 bits per heavy atom. The number of rotatable bonds is 16. The molecule has 0 amide bonds. The van der Waals surface area contributed by atoms with Crippen molar-refractivity contribution in [2.24, 2.45) is 5.11 Å². The summed E-state index contributed by atoms with van der Waals surface area (Å²) in [7, 11) is 0. The van der Waals surface area contributed by atoms with Gasteiger partial charge >= 0.3 is 23.9 Å². The normalized spacial score (nSPS) is 20.4. The largest absolute Gasteiger partial charge is 0.494 e. The number of ether oxygens (including phenoxy) is 7. The third kappa shape index (κ3) is 11.2. The number of nitrogens with one attached hydrogen (secondary N) is 1. The molecule has 256 valence electrons. The fourth-order valence-corrected chi connectivity index (χ4v) is 4.93. The monoisotopic (exact) mass is 659 g/mol. The number of H-pyrrole nitrogens is 1. The van der Waals surface area contributed by atoms with Gasteiger partial charge in [-0.3, -0.25) is 24.3 Å². The average molecular weight is 660 g/mol. The van der Waals surface area contributed by atoms with Gasteiger partial charge in [0.15, 0.2) is 12.2 Å². The summed E-state index contributed by atoms with van der Waals surface area (Å²) in [5.74, 6) is -2.03. The molecule has 0 saturated carbocycles. The van der Waals surface area contributed by atoms with E-state index in [2.05, 4.69) is 20.2 Å². The molecule has 1 aliphatic heterocycles. The van der Waals surface area contributed by atoms with Crippen LogP contribution in [0.5, 0.6) is 11.6 Å². The minimum atomic E-state index is -1.42. The van der Waals surface area contributed by atoms with Gasteiger partial charge in [0, 0.05) is 56.8 Å².